The van der Waals surface area contributed by atoms with Crippen molar-refractivity contribution in [3.8, 4) is 5.75 Å². The highest BCUT2D eigenvalue weighted by Crippen LogP contribution is 2.54. The zero-order valence-electron chi connectivity index (χ0n) is 16.3. The molecule has 3 aliphatic rings. The maximum Gasteiger partial charge on any atom is 0.265 e. The zero-order chi connectivity index (χ0) is 20.2. The number of para-hydroxylation sites is 1. The Kier molecular flexibility index (Phi) is 4.13. The van der Waals surface area contributed by atoms with Gasteiger partial charge in [0, 0.05) is 11.4 Å². The molecule has 7 heteroatoms. The highest BCUT2D eigenvalue weighted by Gasteiger charge is 2.50. The topological polar surface area (TPSA) is 84.5 Å². The minimum Gasteiger partial charge on any atom is -0.495 e. The van der Waals surface area contributed by atoms with Crippen LogP contribution in [0.1, 0.15) is 55.6 Å². The van der Waals surface area contributed by atoms with Gasteiger partial charge in [0.05, 0.1) is 12.5 Å². The molecular weight excluding hydrogens is 388 g/mol. The lowest BCUT2D eigenvalue weighted by Gasteiger charge is -2.22. The second kappa shape index (κ2) is 6.49. The zero-order valence-corrected chi connectivity index (χ0v) is 17.1. The summed E-state index contributed by atoms with van der Waals surface area (Å²) in [6.07, 6.45) is 5.80. The summed E-state index contributed by atoms with van der Waals surface area (Å²) in [5.41, 5.74) is 2.93. The number of rotatable bonds is 5. The molecule has 1 spiro atoms. The molecule has 2 fully saturated rings. The number of benzene rings is 2. The molecule has 2 saturated carbocycles. The number of fused-ring (bicyclic) bond motifs is 2. The van der Waals surface area contributed by atoms with E-state index in [-0.39, 0.29) is 10.8 Å². The number of anilines is 2. The van der Waals surface area contributed by atoms with Crippen LogP contribution in [-0.2, 0) is 20.2 Å². The third kappa shape index (κ3) is 2.90. The molecule has 0 aromatic heterocycles. The van der Waals surface area contributed by atoms with E-state index in [9.17, 15) is 13.2 Å². The molecule has 5 rings (SSSR count). The van der Waals surface area contributed by atoms with Crippen molar-refractivity contribution in [2.75, 3.05) is 17.1 Å². The molecule has 2 aromatic carbocycles. The number of hydrogen-bond acceptors (Lipinski definition) is 4. The number of carbonyl (C=O) groups is 1. The Morgan fingerprint density at radius 1 is 1.14 bits per heavy atom. The Balaban J connectivity index is 1.59. The molecular formula is C22H24N2O4S. The van der Waals surface area contributed by atoms with Crippen LogP contribution in [0.3, 0.4) is 0 Å². The lowest BCUT2D eigenvalue weighted by Crippen LogP contribution is -2.31. The van der Waals surface area contributed by atoms with E-state index in [0.29, 0.717) is 17.4 Å². The standard InChI is InChI=1S/C22H24N2O4S/c1-28-18-6-2-3-7-19(18)29(26,27)24-15-12-16(14-8-9-14)20-17(13-15)22(21(25)23-20)10-4-5-11-22/h2-3,6-7,12-14,24H,4-5,8-11H2,1H3,(H,23,25). The van der Waals surface area contributed by atoms with E-state index < -0.39 is 15.4 Å². The summed E-state index contributed by atoms with van der Waals surface area (Å²) in [7, 11) is -2.37. The van der Waals surface area contributed by atoms with Gasteiger partial charge in [0.2, 0.25) is 5.91 Å². The van der Waals surface area contributed by atoms with Gasteiger partial charge in [-0.25, -0.2) is 8.42 Å². The van der Waals surface area contributed by atoms with Gasteiger partial charge < -0.3 is 10.1 Å². The van der Waals surface area contributed by atoms with Crippen LogP contribution in [0.5, 0.6) is 5.75 Å². The van der Waals surface area contributed by atoms with Gasteiger partial charge in [-0.15, -0.1) is 0 Å². The van der Waals surface area contributed by atoms with Gasteiger partial charge in [-0.05, 0) is 67.0 Å². The predicted octanol–water partition coefficient (Wildman–Crippen LogP) is 4.14. The summed E-state index contributed by atoms with van der Waals surface area (Å²) in [5.74, 6) is 0.751. The molecule has 0 unspecified atom stereocenters. The summed E-state index contributed by atoms with van der Waals surface area (Å²) in [6, 6.07) is 10.3. The second-order valence-corrected chi connectivity index (χ2v) is 9.91. The van der Waals surface area contributed by atoms with Crippen LogP contribution < -0.4 is 14.8 Å². The van der Waals surface area contributed by atoms with Gasteiger partial charge in [0.15, 0.2) is 0 Å². The number of nitrogens with one attached hydrogen (secondary N) is 2. The van der Waals surface area contributed by atoms with E-state index in [1.807, 2.05) is 12.1 Å². The van der Waals surface area contributed by atoms with Crippen molar-refractivity contribution in [2.45, 2.75) is 54.8 Å². The molecule has 2 aliphatic carbocycles. The summed E-state index contributed by atoms with van der Waals surface area (Å²) in [4.78, 5) is 13.0. The highest BCUT2D eigenvalue weighted by atomic mass is 32.2. The summed E-state index contributed by atoms with van der Waals surface area (Å²) >= 11 is 0. The second-order valence-electron chi connectivity index (χ2n) is 8.26. The number of ether oxygens (including phenoxy) is 1. The third-order valence-electron chi connectivity index (χ3n) is 6.44. The largest absolute Gasteiger partial charge is 0.495 e. The first-order chi connectivity index (χ1) is 13.9. The molecule has 2 aromatic rings. The SMILES string of the molecule is COc1ccccc1S(=O)(=O)Nc1cc(C2CC2)c2c(c1)C1(CCCC1)C(=O)N2. The fourth-order valence-electron chi connectivity index (χ4n) is 4.84. The molecule has 0 bridgehead atoms. The van der Waals surface area contributed by atoms with Crippen LogP contribution in [0.2, 0.25) is 0 Å². The number of methoxy groups -OCH3 is 1. The Morgan fingerprint density at radius 2 is 1.86 bits per heavy atom. The van der Waals surface area contributed by atoms with E-state index in [2.05, 4.69) is 10.0 Å². The maximum atomic E-state index is 13.1. The molecule has 2 N–H and O–H groups in total. The minimum absolute atomic E-state index is 0.0663. The molecule has 0 saturated heterocycles. The monoisotopic (exact) mass is 412 g/mol. The number of amides is 1. The van der Waals surface area contributed by atoms with Gasteiger partial charge in [-0.3, -0.25) is 9.52 Å². The van der Waals surface area contributed by atoms with Crippen molar-refractivity contribution in [2.24, 2.45) is 0 Å². The van der Waals surface area contributed by atoms with E-state index in [1.165, 1.54) is 13.2 Å². The molecule has 0 atom stereocenters. The van der Waals surface area contributed by atoms with Gasteiger partial charge in [-0.1, -0.05) is 25.0 Å². The Morgan fingerprint density at radius 3 is 2.55 bits per heavy atom. The van der Waals surface area contributed by atoms with Crippen LogP contribution in [-0.4, -0.2) is 21.4 Å². The van der Waals surface area contributed by atoms with Crippen molar-refractivity contribution >= 4 is 27.3 Å². The minimum atomic E-state index is -3.82. The van der Waals surface area contributed by atoms with Crippen LogP contribution in [0.15, 0.2) is 41.3 Å². The number of carbonyl (C=O) groups excluding carboxylic acids is 1. The molecule has 29 heavy (non-hydrogen) atoms. The summed E-state index contributed by atoms with van der Waals surface area (Å²) in [5, 5.41) is 3.12. The van der Waals surface area contributed by atoms with E-state index in [4.69, 9.17) is 4.74 Å². The Hall–Kier alpha value is -2.54. The quantitative estimate of drug-likeness (QED) is 0.773. The van der Waals surface area contributed by atoms with Crippen LogP contribution in [0, 0.1) is 0 Å². The van der Waals surface area contributed by atoms with Crippen molar-refractivity contribution in [1.29, 1.82) is 0 Å². The fraction of sp³-hybridized carbons (Fsp3) is 0.409. The molecule has 0 radical (unpaired) electrons. The molecule has 6 nitrogen and oxygen atoms in total. The van der Waals surface area contributed by atoms with Gasteiger partial charge >= 0.3 is 0 Å². The molecule has 1 aliphatic heterocycles. The average molecular weight is 413 g/mol. The van der Waals surface area contributed by atoms with Crippen molar-refractivity contribution in [3.63, 3.8) is 0 Å². The third-order valence-corrected chi connectivity index (χ3v) is 7.86. The van der Waals surface area contributed by atoms with Gasteiger partial charge in [0.25, 0.3) is 10.0 Å². The summed E-state index contributed by atoms with van der Waals surface area (Å²) in [6.45, 7) is 0. The van der Waals surface area contributed by atoms with Crippen molar-refractivity contribution < 1.29 is 17.9 Å². The molecule has 1 heterocycles. The first-order valence-electron chi connectivity index (χ1n) is 10.1. The highest BCUT2D eigenvalue weighted by molar-refractivity contribution is 7.92. The first kappa shape index (κ1) is 18.5. The molecule has 1 amide bonds. The van der Waals surface area contributed by atoms with Crippen LogP contribution in [0.25, 0.3) is 0 Å². The lowest BCUT2D eigenvalue weighted by molar-refractivity contribution is -0.120. The fourth-order valence-corrected chi connectivity index (χ4v) is 6.05. The van der Waals surface area contributed by atoms with Crippen molar-refractivity contribution in [1.82, 2.24) is 0 Å². The predicted molar refractivity (Wildman–Crippen MR) is 111 cm³/mol. The average Bonchev–Trinajstić information content (AvgIpc) is 3.37. The van der Waals surface area contributed by atoms with Crippen LogP contribution in [0.4, 0.5) is 11.4 Å². The van der Waals surface area contributed by atoms with Crippen LogP contribution >= 0.6 is 0 Å². The Labute approximate surface area is 170 Å². The van der Waals surface area contributed by atoms with E-state index in [1.54, 1.807) is 18.2 Å². The molecule has 152 valence electrons. The summed E-state index contributed by atoms with van der Waals surface area (Å²) < 4.78 is 34.1. The first-order valence-corrected chi connectivity index (χ1v) is 11.6. The number of sulfonamides is 1. The normalized spacial score (nSPS) is 19.8. The van der Waals surface area contributed by atoms with E-state index >= 15 is 0 Å². The smallest absolute Gasteiger partial charge is 0.265 e. The van der Waals surface area contributed by atoms with Gasteiger partial charge in [0.1, 0.15) is 10.6 Å². The lowest BCUT2D eigenvalue weighted by atomic mass is 9.79. The van der Waals surface area contributed by atoms with Crippen molar-refractivity contribution in [3.05, 3.63) is 47.5 Å². The number of hydrogen-bond donors (Lipinski definition) is 2. The maximum absolute atomic E-state index is 13.1. The van der Waals surface area contributed by atoms with Gasteiger partial charge in [-0.2, -0.15) is 0 Å². The van der Waals surface area contributed by atoms with E-state index in [0.717, 1.165) is 55.3 Å². The Bertz CT molecular complexity index is 1100.